The average Bonchev–Trinajstić information content (AvgIpc) is 2.79. The molecule has 5 heteroatoms. The van der Waals surface area contributed by atoms with Crippen LogP contribution in [0.2, 0.25) is 0 Å². The van der Waals surface area contributed by atoms with Crippen LogP contribution >= 0.6 is 0 Å². The highest BCUT2D eigenvalue weighted by molar-refractivity contribution is 5.72. The molecule has 0 amide bonds. The Bertz CT molecular complexity index is 576. The molecule has 96 valence electrons. The van der Waals surface area contributed by atoms with Crippen molar-refractivity contribution in [3.05, 3.63) is 23.4 Å². The molecule has 1 heterocycles. The Hall–Kier alpha value is -2.17. The van der Waals surface area contributed by atoms with Crippen LogP contribution in [-0.4, -0.2) is 19.2 Å². The minimum Gasteiger partial charge on any atom is -0.496 e. The van der Waals surface area contributed by atoms with Crippen LogP contribution in [0.3, 0.4) is 0 Å². The van der Waals surface area contributed by atoms with Crippen molar-refractivity contribution in [2.45, 2.75) is 13.8 Å². The molecule has 18 heavy (non-hydrogen) atoms. The summed E-state index contributed by atoms with van der Waals surface area (Å²) in [5, 5.41) is 0. The van der Waals surface area contributed by atoms with E-state index in [9.17, 15) is 0 Å². The summed E-state index contributed by atoms with van der Waals surface area (Å²) in [6, 6.07) is 1.99. The first-order chi connectivity index (χ1) is 8.58. The van der Waals surface area contributed by atoms with E-state index in [4.69, 9.17) is 19.6 Å². The summed E-state index contributed by atoms with van der Waals surface area (Å²) in [7, 11) is 3.25. The molecule has 0 unspecified atom stereocenters. The summed E-state index contributed by atoms with van der Waals surface area (Å²) in [6.07, 6.45) is 1.57. The van der Waals surface area contributed by atoms with Crippen LogP contribution in [0.4, 0.5) is 6.01 Å². The van der Waals surface area contributed by atoms with Gasteiger partial charge in [-0.2, -0.15) is 0 Å². The van der Waals surface area contributed by atoms with Crippen LogP contribution in [0, 0.1) is 13.8 Å². The molecule has 0 saturated carbocycles. The molecule has 1 aromatic heterocycles. The van der Waals surface area contributed by atoms with E-state index in [1.165, 1.54) is 0 Å². The number of methoxy groups -OCH3 is 2. The van der Waals surface area contributed by atoms with Gasteiger partial charge in [0, 0.05) is 0 Å². The van der Waals surface area contributed by atoms with Gasteiger partial charge in [0.1, 0.15) is 11.5 Å². The molecule has 0 spiro atoms. The summed E-state index contributed by atoms with van der Waals surface area (Å²) >= 11 is 0. The van der Waals surface area contributed by atoms with Gasteiger partial charge >= 0.3 is 0 Å². The normalized spacial score (nSPS) is 10.4. The zero-order valence-corrected chi connectivity index (χ0v) is 10.9. The van der Waals surface area contributed by atoms with Crippen LogP contribution in [0.1, 0.15) is 11.1 Å². The van der Waals surface area contributed by atoms with Gasteiger partial charge < -0.3 is 19.6 Å². The first-order valence-corrected chi connectivity index (χ1v) is 5.52. The number of benzene rings is 1. The van der Waals surface area contributed by atoms with Gasteiger partial charge in [0.25, 0.3) is 6.01 Å². The molecule has 0 aliphatic heterocycles. The first kappa shape index (κ1) is 12.3. The molecule has 0 fully saturated rings. The van der Waals surface area contributed by atoms with Crippen molar-refractivity contribution in [2.75, 3.05) is 20.0 Å². The van der Waals surface area contributed by atoms with E-state index in [0.717, 1.165) is 28.2 Å². The van der Waals surface area contributed by atoms with Crippen molar-refractivity contribution in [3.63, 3.8) is 0 Å². The second-order valence-electron chi connectivity index (χ2n) is 3.97. The van der Waals surface area contributed by atoms with E-state index in [1.807, 2.05) is 19.9 Å². The number of nitrogen functional groups attached to an aromatic ring is 1. The van der Waals surface area contributed by atoms with E-state index in [0.29, 0.717) is 5.76 Å². The van der Waals surface area contributed by atoms with Crippen LogP contribution in [0.25, 0.3) is 11.3 Å². The largest absolute Gasteiger partial charge is 0.496 e. The number of anilines is 1. The first-order valence-electron chi connectivity index (χ1n) is 5.52. The Morgan fingerprint density at radius 1 is 1.17 bits per heavy atom. The quantitative estimate of drug-likeness (QED) is 0.903. The van der Waals surface area contributed by atoms with Crippen molar-refractivity contribution in [3.8, 4) is 22.8 Å². The minimum atomic E-state index is 0.129. The number of nitrogens with two attached hydrogens (primary N) is 1. The third kappa shape index (κ3) is 1.88. The van der Waals surface area contributed by atoms with Crippen LogP contribution < -0.4 is 15.2 Å². The van der Waals surface area contributed by atoms with Gasteiger partial charge in [-0.05, 0) is 31.0 Å². The molecule has 0 saturated heterocycles. The topological polar surface area (TPSA) is 70.5 Å². The summed E-state index contributed by atoms with van der Waals surface area (Å²) < 4.78 is 16.1. The van der Waals surface area contributed by atoms with Gasteiger partial charge in [-0.25, -0.2) is 4.98 Å². The number of hydrogen-bond donors (Lipinski definition) is 1. The molecule has 2 N–H and O–H groups in total. The second kappa shape index (κ2) is 4.60. The van der Waals surface area contributed by atoms with E-state index < -0.39 is 0 Å². The number of oxazole rings is 1. The van der Waals surface area contributed by atoms with Gasteiger partial charge in [0.2, 0.25) is 0 Å². The van der Waals surface area contributed by atoms with Gasteiger partial charge in [-0.1, -0.05) is 0 Å². The van der Waals surface area contributed by atoms with Crippen molar-refractivity contribution >= 4 is 6.01 Å². The maximum absolute atomic E-state index is 5.50. The number of ether oxygens (including phenoxy) is 2. The minimum absolute atomic E-state index is 0.129. The molecule has 0 bridgehead atoms. The highest BCUT2D eigenvalue weighted by Crippen LogP contribution is 2.39. The van der Waals surface area contributed by atoms with Gasteiger partial charge in [0.05, 0.1) is 26.0 Å². The lowest BCUT2D eigenvalue weighted by Gasteiger charge is -2.15. The van der Waals surface area contributed by atoms with Gasteiger partial charge in [0.15, 0.2) is 5.76 Å². The van der Waals surface area contributed by atoms with Gasteiger partial charge in [-0.15, -0.1) is 0 Å². The fraction of sp³-hybridized carbons (Fsp3) is 0.308. The lowest BCUT2D eigenvalue weighted by Crippen LogP contribution is -1.97. The van der Waals surface area contributed by atoms with E-state index in [2.05, 4.69) is 4.98 Å². The molecular formula is C13H16N2O3. The predicted octanol–water partition coefficient (Wildman–Crippen LogP) is 2.56. The van der Waals surface area contributed by atoms with E-state index in [1.54, 1.807) is 20.4 Å². The zero-order chi connectivity index (χ0) is 13.3. The number of aromatic nitrogens is 1. The second-order valence-corrected chi connectivity index (χ2v) is 3.97. The molecule has 5 nitrogen and oxygen atoms in total. The standard InChI is InChI=1S/C13H16N2O3/c1-7-8(2)12(17-4)9(5-10(7)16-3)11-6-15-13(14)18-11/h5-6H,1-4H3,(H2,14,15). The Labute approximate surface area is 106 Å². The number of nitrogens with zero attached hydrogens (tertiary/aromatic N) is 1. The summed E-state index contributed by atoms with van der Waals surface area (Å²) in [4.78, 5) is 3.89. The molecule has 1 aromatic carbocycles. The highest BCUT2D eigenvalue weighted by Gasteiger charge is 2.17. The maximum Gasteiger partial charge on any atom is 0.292 e. The molecule has 2 rings (SSSR count). The Morgan fingerprint density at radius 2 is 1.89 bits per heavy atom. The third-order valence-electron chi connectivity index (χ3n) is 3.01. The lowest BCUT2D eigenvalue weighted by molar-refractivity contribution is 0.398. The van der Waals surface area contributed by atoms with Crippen molar-refractivity contribution in [1.82, 2.24) is 4.98 Å². The highest BCUT2D eigenvalue weighted by atomic mass is 16.5. The summed E-state index contributed by atoms with van der Waals surface area (Å²) in [5.41, 5.74) is 8.31. The Balaban J connectivity index is 2.69. The van der Waals surface area contributed by atoms with E-state index >= 15 is 0 Å². The Kier molecular flexibility index (Phi) is 3.14. The van der Waals surface area contributed by atoms with Crippen LogP contribution in [-0.2, 0) is 0 Å². The third-order valence-corrected chi connectivity index (χ3v) is 3.01. The maximum atomic E-state index is 5.50. The predicted molar refractivity (Wildman–Crippen MR) is 68.9 cm³/mol. The fourth-order valence-electron chi connectivity index (χ4n) is 1.93. The van der Waals surface area contributed by atoms with Gasteiger partial charge in [-0.3, -0.25) is 0 Å². The Morgan fingerprint density at radius 3 is 2.39 bits per heavy atom. The SMILES string of the molecule is COc1cc(-c2cnc(N)o2)c(OC)c(C)c1C. The van der Waals surface area contributed by atoms with Crippen molar-refractivity contribution < 1.29 is 13.9 Å². The summed E-state index contributed by atoms with van der Waals surface area (Å²) in [5.74, 6) is 2.08. The molecular weight excluding hydrogens is 232 g/mol. The molecule has 0 atom stereocenters. The zero-order valence-electron chi connectivity index (χ0n) is 10.9. The molecule has 0 aliphatic carbocycles. The van der Waals surface area contributed by atoms with Crippen LogP contribution in [0.5, 0.6) is 11.5 Å². The molecule has 2 aromatic rings. The van der Waals surface area contributed by atoms with Crippen molar-refractivity contribution in [1.29, 1.82) is 0 Å². The van der Waals surface area contributed by atoms with Crippen LogP contribution in [0.15, 0.2) is 16.7 Å². The molecule has 0 radical (unpaired) electrons. The van der Waals surface area contributed by atoms with Crippen molar-refractivity contribution in [2.24, 2.45) is 0 Å². The fourth-order valence-corrected chi connectivity index (χ4v) is 1.93. The number of hydrogen-bond acceptors (Lipinski definition) is 5. The number of rotatable bonds is 3. The average molecular weight is 248 g/mol. The smallest absolute Gasteiger partial charge is 0.292 e. The monoisotopic (exact) mass is 248 g/mol. The lowest BCUT2D eigenvalue weighted by atomic mass is 10.0. The molecule has 0 aliphatic rings. The summed E-state index contributed by atoms with van der Waals surface area (Å²) in [6.45, 7) is 3.95. The van der Waals surface area contributed by atoms with E-state index in [-0.39, 0.29) is 6.01 Å².